The molecular formula is C13H20NO10-. The molecule has 0 aromatic rings. The van der Waals surface area contributed by atoms with Gasteiger partial charge in [-0.15, -0.1) is 0 Å². The molecule has 1 aliphatic heterocycles. The summed E-state index contributed by atoms with van der Waals surface area (Å²) in [5, 5.41) is 52.3. The topological polar surface area (TPSA) is 186 Å². The molecule has 0 aliphatic carbocycles. The number of ether oxygens (including phenoxy) is 2. The van der Waals surface area contributed by atoms with E-state index in [0.717, 1.165) is 13.8 Å². The number of hydrogen-bond donors (Lipinski definition) is 5. The van der Waals surface area contributed by atoms with E-state index in [4.69, 9.17) is 14.6 Å². The normalized spacial score (nSPS) is 32.5. The van der Waals surface area contributed by atoms with Gasteiger partial charge in [-0.05, 0) is 0 Å². The third kappa shape index (κ3) is 4.61. The van der Waals surface area contributed by atoms with Crippen molar-refractivity contribution in [2.75, 3.05) is 6.61 Å². The molecule has 1 aliphatic rings. The predicted octanol–water partition coefficient (Wildman–Crippen LogP) is -4.64. The highest BCUT2D eigenvalue weighted by atomic mass is 16.7. The second kappa shape index (κ2) is 7.85. The van der Waals surface area contributed by atoms with Crippen molar-refractivity contribution >= 4 is 17.8 Å². The Kier molecular flexibility index (Phi) is 6.63. The van der Waals surface area contributed by atoms with E-state index in [0.29, 0.717) is 0 Å². The van der Waals surface area contributed by atoms with Crippen LogP contribution in [0.1, 0.15) is 20.3 Å². The van der Waals surface area contributed by atoms with Gasteiger partial charge in [0.25, 0.3) is 0 Å². The molecule has 0 radical (unpaired) electrons. The van der Waals surface area contributed by atoms with Crippen molar-refractivity contribution in [2.24, 2.45) is 0 Å². The fourth-order valence-corrected chi connectivity index (χ4v) is 2.45. The van der Waals surface area contributed by atoms with Gasteiger partial charge in [-0.2, -0.15) is 0 Å². The first-order valence-corrected chi connectivity index (χ1v) is 7.04. The number of rotatable bonds is 6. The third-order valence-corrected chi connectivity index (χ3v) is 3.47. The summed E-state index contributed by atoms with van der Waals surface area (Å²) in [5.74, 6) is -6.54. The monoisotopic (exact) mass is 350 g/mol. The highest BCUT2D eigenvalue weighted by Gasteiger charge is 2.52. The zero-order chi connectivity index (χ0) is 18.7. The van der Waals surface area contributed by atoms with Crippen molar-refractivity contribution in [3.05, 3.63) is 0 Å². The maximum atomic E-state index is 11.3. The van der Waals surface area contributed by atoms with Crippen molar-refractivity contribution in [1.29, 1.82) is 0 Å². The molecule has 0 aromatic carbocycles. The maximum Gasteiger partial charge on any atom is 0.303 e. The van der Waals surface area contributed by atoms with Crippen LogP contribution < -0.4 is 10.4 Å². The summed E-state index contributed by atoms with van der Waals surface area (Å²) in [7, 11) is 0. The predicted molar refractivity (Wildman–Crippen MR) is 71.7 cm³/mol. The van der Waals surface area contributed by atoms with Gasteiger partial charge in [0, 0.05) is 20.3 Å². The van der Waals surface area contributed by atoms with E-state index in [-0.39, 0.29) is 0 Å². The molecule has 1 saturated heterocycles. The van der Waals surface area contributed by atoms with Crippen LogP contribution in [0.2, 0.25) is 0 Å². The van der Waals surface area contributed by atoms with E-state index in [1.807, 2.05) is 0 Å². The van der Waals surface area contributed by atoms with Crippen LogP contribution >= 0.6 is 0 Å². The number of nitrogens with one attached hydrogen (secondary N) is 1. The number of aliphatic hydroxyl groups is 4. The number of carboxylic acid groups (broad SMARTS) is 1. The molecular weight excluding hydrogens is 330 g/mol. The molecule has 0 bridgehead atoms. The molecule has 3 unspecified atom stereocenters. The van der Waals surface area contributed by atoms with Crippen molar-refractivity contribution in [1.82, 2.24) is 5.32 Å². The molecule has 1 heterocycles. The molecule has 0 aromatic heterocycles. The second-order valence-corrected chi connectivity index (χ2v) is 5.48. The lowest BCUT2D eigenvalue weighted by Gasteiger charge is -2.47. The zero-order valence-electron chi connectivity index (χ0n) is 13.0. The van der Waals surface area contributed by atoms with E-state index in [2.05, 4.69) is 5.32 Å². The number of carboxylic acids is 1. The average molecular weight is 350 g/mol. The second-order valence-electron chi connectivity index (χ2n) is 5.48. The lowest BCUT2D eigenvalue weighted by atomic mass is 9.88. The summed E-state index contributed by atoms with van der Waals surface area (Å²) in [6.07, 6.45) is -7.54. The van der Waals surface area contributed by atoms with E-state index < -0.39 is 67.1 Å². The average Bonchev–Trinajstić information content (AvgIpc) is 2.46. The van der Waals surface area contributed by atoms with E-state index >= 15 is 0 Å². The summed E-state index contributed by atoms with van der Waals surface area (Å²) in [4.78, 5) is 33.6. The lowest BCUT2D eigenvalue weighted by Crippen LogP contribution is -2.69. The van der Waals surface area contributed by atoms with Gasteiger partial charge in [0.1, 0.15) is 18.2 Å². The first-order valence-electron chi connectivity index (χ1n) is 7.04. The molecule has 24 heavy (non-hydrogen) atoms. The van der Waals surface area contributed by atoms with Crippen LogP contribution in [0.3, 0.4) is 0 Å². The van der Waals surface area contributed by atoms with Gasteiger partial charge in [-0.3, -0.25) is 9.59 Å². The number of aliphatic hydroxyl groups excluding tert-OH is 3. The Hall–Kier alpha value is -1.79. The lowest BCUT2D eigenvalue weighted by molar-refractivity contribution is -0.374. The molecule has 0 saturated carbocycles. The molecule has 1 rings (SSSR count). The number of aliphatic carboxylic acids is 1. The largest absolute Gasteiger partial charge is 0.544 e. The van der Waals surface area contributed by atoms with Crippen LogP contribution in [0.25, 0.3) is 0 Å². The number of carbonyl (C=O) groups is 3. The minimum atomic E-state index is -2.94. The molecule has 138 valence electrons. The van der Waals surface area contributed by atoms with E-state index in [1.165, 1.54) is 0 Å². The summed E-state index contributed by atoms with van der Waals surface area (Å²) < 4.78 is 9.79. The highest BCUT2D eigenvalue weighted by Crippen LogP contribution is 2.31. The quantitative estimate of drug-likeness (QED) is 0.292. The number of carbonyl (C=O) groups excluding carboxylic acids is 3. The van der Waals surface area contributed by atoms with Crippen molar-refractivity contribution < 1.29 is 49.4 Å². The first kappa shape index (κ1) is 20.3. The van der Waals surface area contributed by atoms with E-state index in [1.54, 1.807) is 0 Å². The third-order valence-electron chi connectivity index (χ3n) is 3.47. The van der Waals surface area contributed by atoms with Crippen LogP contribution in [0.4, 0.5) is 0 Å². The van der Waals surface area contributed by atoms with Gasteiger partial charge in [0.05, 0.1) is 18.8 Å². The molecule has 6 atom stereocenters. The Labute approximate surface area is 136 Å². The Balaban J connectivity index is 3.25. The molecule has 11 heteroatoms. The van der Waals surface area contributed by atoms with Gasteiger partial charge in [-0.1, -0.05) is 0 Å². The smallest absolute Gasteiger partial charge is 0.303 e. The molecule has 11 nitrogen and oxygen atoms in total. The van der Waals surface area contributed by atoms with E-state index in [9.17, 15) is 34.8 Å². The van der Waals surface area contributed by atoms with Gasteiger partial charge in [0.2, 0.25) is 11.7 Å². The summed E-state index contributed by atoms with van der Waals surface area (Å²) in [5.41, 5.74) is 0. The van der Waals surface area contributed by atoms with Crippen LogP contribution in [0.5, 0.6) is 0 Å². The van der Waals surface area contributed by atoms with Gasteiger partial charge >= 0.3 is 5.97 Å². The van der Waals surface area contributed by atoms with Crippen LogP contribution in [0, 0.1) is 0 Å². The Morgan fingerprint density at radius 2 is 2.00 bits per heavy atom. The SMILES string of the molecule is CC(=O)N[C@@H]1[C@@H](O)CC(O)(C(=O)[O-])O[C@H]1C(OC(C)=O)C(O)CO. The van der Waals surface area contributed by atoms with Crippen LogP contribution in [-0.4, -0.2) is 81.1 Å². The minimum absolute atomic E-state index is 0.633. The highest BCUT2D eigenvalue weighted by molar-refractivity contribution is 5.75. The zero-order valence-corrected chi connectivity index (χ0v) is 13.0. The van der Waals surface area contributed by atoms with Gasteiger partial charge in [0.15, 0.2) is 6.10 Å². The maximum absolute atomic E-state index is 11.3. The Bertz CT molecular complexity index is 497. The van der Waals surface area contributed by atoms with Crippen LogP contribution in [-0.2, 0) is 23.9 Å². The summed E-state index contributed by atoms with van der Waals surface area (Å²) >= 11 is 0. The van der Waals surface area contributed by atoms with Crippen LogP contribution in [0.15, 0.2) is 0 Å². The standard InChI is InChI=1S/C13H21NO10/c1-5(16)14-9-7(18)3-13(22,12(20)21)24-11(9)10(8(19)4-15)23-6(2)17/h7-11,15,18-19,22H,3-4H2,1-2H3,(H,14,16)(H,20,21)/p-1/t7-,8?,9+,10?,11+,13?/m0/s1. The molecule has 5 N–H and O–H groups in total. The number of amides is 1. The first-order chi connectivity index (χ1) is 11.0. The number of hydrogen-bond acceptors (Lipinski definition) is 10. The fraction of sp³-hybridized carbons (Fsp3) is 0.769. The molecule has 0 spiro atoms. The van der Waals surface area contributed by atoms with Crippen molar-refractivity contribution in [3.63, 3.8) is 0 Å². The fourth-order valence-electron chi connectivity index (χ4n) is 2.45. The van der Waals surface area contributed by atoms with Gasteiger partial charge < -0.3 is 45.1 Å². The summed E-state index contributed by atoms with van der Waals surface area (Å²) in [6.45, 7) is 1.19. The molecule has 1 fully saturated rings. The Morgan fingerprint density at radius 3 is 2.42 bits per heavy atom. The molecule has 1 amide bonds. The number of esters is 1. The van der Waals surface area contributed by atoms with Gasteiger partial charge in [-0.25, -0.2) is 0 Å². The summed E-state index contributed by atoms with van der Waals surface area (Å²) in [6, 6.07) is -1.33. The van der Waals surface area contributed by atoms with Crippen molar-refractivity contribution in [2.45, 2.75) is 56.5 Å². The minimum Gasteiger partial charge on any atom is -0.544 e. The van der Waals surface area contributed by atoms with Crippen molar-refractivity contribution in [3.8, 4) is 0 Å². The Morgan fingerprint density at radius 1 is 1.42 bits per heavy atom.